The standard InChI is InChI=1S/C20H31N3O2/c1-16(23-20(25)17-9-4-2-5-10-17)15-19(24)22-14-8-13-21-18-11-6-3-7-12-18/h2,4-5,9-10,16,18,21H,3,6-8,11-15H2,1H3,(H,22,24)(H,23,25). The van der Waals surface area contributed by atoms with Gasteiger partial charge in [-0.15, -0.1) is 0 Å². The Labute approximate surface area is 151 Å². The summed E-state index contributed by atoms with van der Waals surface area (Å²) in [7, 11) is 0. The average Bonchev–Trinajstić information content (AvgIpc) is 2.63. The summed E-state index contributed by atoms with van der Waals surface area (Å²) in [5.74, 6) is -0.156. The zero-order valence-electron chi connectivity index (χ0n) is 15.2. The van der Waals surface area contributed by atoms with Gasteiger partial charge in [0.2, 0.25) is 5.91 Å². The number of amides is 2. The highest BCUT2D eigenvalue weighted by atomic mass is 16.2. The fraction of sp³-hybridized carbons (Fsp3) is 0.600. The van der Waals surface area contributed by atoms with E-state index in [2.05, 4.69) is 16.0 Å². The Hall–Kier alpha value is -1.88. The Morgan fingerprint density at radius 3 is 2.52 bits per heavy atom. The Morgan fingerprint density at radius 1 is 1.08 bits per heavy atom. The van der Waals surface area contributed by atoms with Crippen LogP contribution >= 0.6 is 0 Å². The van der Waals surface area contributed by atoms with E-state index in [1.54, 1.807) is 12.1 Å². The summed E-state index contributed by atoms with van der Waals surface area (Å²) in [5, 5.41) is 9.37. The smallest absolute Gasteiger partial charge is 0.251 e. The average molecular weight is 345 g/mol. The Morgan fingerprint density at radius 2 is 1.80 bits per heavy atom. The van der Waals surface area contributed by atoms with Crippen LogP contribution < -0.4 is 16.0 Å². The van der Waals surface area contributed by atoms with Crippen molar-refractivity contribution < 1.29 is 9.59 Å². The predicted molar refractivity (Wildman–Crippen MR) is 100 cm³/mol. The van der Waals surface area contributed by atoms with Gasteiger partial charge in [-0.05, 0) is 44.9 Å². The molecule has 1 aliphatic carbocycles. The second kappa shape index (κ2) is 10.9. The largest absolute Gasteiger partial charge is 0.356 e. The molecule has 5 heteroatoms. The van der Waals surface area contributed by atoms with Gasteiger partial charge in [0, 0.05) is 30.6 Å². The minimum absolute atomic E-state index is 0.0153. The molecule has 0 bridgehead atoms. The maximum atomic E-state index is 12.0. The summed E-state index contributed by atoms with van der Waals surface area (Å²) in [6.45, 7) is 3.48. The molecule has 0 aliphatic heterocycles. The van der Waals surface area contributed by atoms with Crippen LogP contribution in [0.3, 0.4) is 0 Å². The van der Waals surface area contributed by atoms with Crippen molar-refractivity contribution in [2.75, 3.05) is 13.1 Å². The van der Waals surface area contributed by atoms with Crippen LogP contribution in [0, 0.1) is 0 Å². The van der Waals surface area contributed by atoms with Crippen molar-refractivity contribution in [1.82, 2.24) is 16.0 Å². The molecule has 1 unspecified atom stereocenters. The van der Waals surface area contributed by atoms with Crippen molar-refractivity contribution in [3.8, 4) is 0 Å². The lowest BCUT2D eigenvalue weighted by atomic mass is 9.95. The molecule has 138 valence electrons. The third kappa shape index (κ3) is 7.69. The normalized spacial score (nSPS) is 16.2. The lowest BCUT2D eigenvalue weighted by Crippen LogP contribution is -2.38. The van der Waals surface area contributed by atoms with Crippen LogP contribution in [0.1, 0.15) is 62.2 Å². The van der Waals surface area contributed by atoms with E-state index in [0.717, 1.165) is 13.0 Å². The first-order valence-electron chi connectivity index (χ1n) is 9.51. The van der Waals surface area contributed by atoms with E-state index < -0.39 is 0 Å². The maximum absolute atomic E-state index is 12.0. The van der Waals surface area contributed by atoms with Crippen molar-refractivity contribution in [3.63, 3.8) is 0 Å². The molecule has 0 spiro atoms. The molecular weight excluding hydrogens is 314 g/mol. The van der Waals surface area contributed by atoms with Gasteiger partial charge in [-0.1, -0.05) is 37.5 Å². The summed E-state index contributed by atoms with van der Waals surface area (Å²) >= 11 is 0. The highest BCUT2D eigenvalue weighted by Crippen LogP contribution is 2.17. The van der Waals surface area contributed by atoms with Crippen LogP contribution in [0.15, 0.2) is 30.3 Å². The number of hydrogen-bond donors (Lipinski definition) is 3. The monoisotopic (exact) mass is 345 g/mol. The molecule has 1 aliphatic rings. The third-order valence-electron chi connectivity index (χ3n) is 4.62. The highest BCUT2D eigenvalue weighted by molar-refractivity contribution is 5.94. The zero-order valence-corrected chi connectivity index (χ0v) is 15.2. The molecule has 5 nitrogen and oxygen atoms in total. The van der Waals surface area contributed by atoms with Gasteiger partial charge < -0.3 is 16.0 Å². The highest BCUT2D eigenvalue weighted by Gasteiger charge is 2.13. The molecule has 0 radical (unpaired) electrons. The molecule has 1 aromatic rings. The second-order valence-corrected chi connectivity index (χ2v) is 6.94. The van der Waals surface area contributed by atoms with Gasteiger partial charge in [0.05, 0.1) is 0 Å². The van der Waals surface area contributed by atoms with Gasteiger partial charge in [-0.3, -0.25) is 9.59 Å². The van der Waals surface area contributed by atoms with E-state index in [4.69, 9.17) is 0 Å². The lowest BCUT2D eigenvalue weighted by molar-refractivity contribution is -0.121. The fourth-order valence-electron chi connectivity index (χ4n) is 3.23. The first-order valence-corrected chi connectivity index (χ1v) is 9.51. The first-order chi connectivity index (χ1) is 12.1. The van der Waals surface area contributed by atoms with E-state index in [0.29, 0.717) is 24.6 Å². The van der Waals surface area contributed by atoms with Crippen LogP contribution in [-0.2, 0) is 4.79 Å². The number of hydrogen-bond acceptors (Lipinski definition) is 3. The number of carbonyl (C=O) groups excluding carboxylic acids is 2. The van der Waals surface area contributed by atoms with Gasteiger partial charge in [-0.2, -0.15) is 0 Å². The van der Waals surface area contributed by atoms with Crippen molar-refractivity contribution >= 4 is 11.8 Å². The van der Waals surface area contributed by atoms with E-state index >= 15 is 0 Å². The molecular formula is C20H31N3O2. The van der Waals surface area contributed by atoms with Crippen LogP contribution in [0.25, 0.3) is 0 Å². The van der Waals surface area contributed by atoms with Crippen LogP contribution in [0.5, 0.6) is 0 Å². The first kappa shape index (κ1) is 19.4. The maximum Gasteiger partial charge on any atom is 0.251 e. The van der Waals surface area contributed by atoms with Gasteiger partial charge in [0.15, 0.2) is 0 Å². The topological polar surface area (TPSA) is 70.2 Å². The van der Waals surface area contributed by atoms with Gasteiger partial charge in [0.25, 0.3) is 5.91 Å². The van der Waals surface area contributed by atoms with Crippen molar-refractivity contribution in [1.29, 1.82) is 0 Å². The summed E-state index contributed by atoms with van der Waals surface area (Å²) < 4.78 is 0. The van der Waals surface area contributed by atoms with Crippen molar-refractivity contribution in [3.05, 3.63) is 35.9 Å². The molecule has 0 aromatic heterocycles. The fourth-order valence-corrected chi connectivity index (χ4v) is 3.23. The SMILES string of the molecule is CC(CC(=O)NCCCNC1CCCCC1)NC(=O)c1ccccc1. The summed E-state index contributed by atoms with van der Waals surface area (Å²) in [6.07, 6.45) is 7.84. The molecule has 1 aromatic carbocycles. The van der Waals surface area contributed by atoms with Gasteiger partial charge in [0.1, 0.15) is 0 Å². The Bertz CT molecular complexity index is 527. The number of rotatable bonds is 9. The van der Waals surface area contributed by atoms with Crippen LogP contribution in [0.4, 0.5) is 0 Å². The molecule has 3 N–H and O–H groups in total. The minimum atomic E-state index is -0.187. The number of carbonyl (C=O) groups is 2. The van der Waals surface area contributed by atoms with Gasteiger partial charge in [-0.25, -0.2) is 0 Å². The number of nitrogens with one attached hydrogen (secondary N) is 3. The predicted octanol–water partition coefficient (Wildman–Crippen LogP) is 2.62. The zero-order chi connectivity index (χ0) is 17.9. The van der Waals surface area contributed by atoms with E-state index in [9.17, 15) is 9.59 Å². The van der Waals surface area contributed by atoms with E-state index in [1.165, 1.54) is 32.1 Å². The van der Waals surface area contributed by atoms with Crippen LogP contribution in [-0.4, -0.2) is 37.0 Å². The Kier molecular flexibility index (Phi) is 8.46. The Balaban J connectivity index is 1.54. The van der Waals surface area contributed by atoms with E-state index in [-0.39, 0.29) is 17.9 Å². The van der Waals surface area contributed by atoms with Crippen molar-refractivity contribution in [2.24, 2.45) is 0 Å². The minimum Gasteiger partial charge on any atom is -0.356 e. The molecule has 25 heavy (non-hydrogen) atoms. The molecule has 0 saturated heterocycles. The summed E-state index contributed by atoms with van der Waals surface area (Å²) in [5.41, 5.74) is 0.614. The third-order valence-corrected chi connectivity index (χ3v) is 4.62. The summed E-state index contributed by atoms with van der Waals surface area (Å²) in [6, 6.07) is 9.53. The second-order valence-electron chi connectivity index (χ2n) is 6.94. The molecule has 1 fully saturated rings. The summed E-state index contributed by atoms with van der Waals surface area (Å²) in [4.78, 5) is 24.0. The lowest BCUT2D eigenvalue weighted by Gasteiger charge is -2.22. The molecule has 1 saturated carbocycles. The molecule has 2 rings (SSSR count). The van der Waals surface area contributed by atoms with Gasteiger partial charge >= 0.3 is 0 Å². The van der Waals surface area contributed by atoms with E-state index in [1.807, 2.05) is 25.1 Å². The molecule has 1 atom stereocenters. The van der Waals surface area contributed by atoms with Crippen LogP contribution in [0.2, 0.25) is 0 Å². The number of benzene rings is 1. The molecule has 2 amide bonds. The molecule has 0 heterocycles. The quantitative estimate of drug-likeness (QED) is 0.603. The van der Waals surface area contributed by atoms with Crippen molar-refractivity contribution in [2.45, 2.75) is 64.0 Å².